The van der Waals surface area contributed by atoms with Gasteiger partial charge in [0.25, 0.3) is 11.1 Å². The molecule has 2 aromatic heterocycles. The minimum absolute atomic E-state index is 0.103. The molecule has 6 nitrogen and oxygen atoms in total. The van der Waals surface area contributed by atoms with Crippen molar-refractivity contribution in [2.24, 2.45) is 0 Å². The van der Waals surface area contributed by atoms with Crippen molar-refractivity contribution in [3.8, 4) is 0 Å². The molecule has 0 unspecified atom stereocenters. The number of halogens is 2. The van der Waals surface area contributed by atoms with Crippen LogP contribution in [0.3, 0.4) is 0 Å². The molecule has 2 aromatic carbocycles. The molecular weight excluding hydrogens is 565 g/mol. The summed E-state index contributed by atoms with van der Waals surface area (Å²) < 4.78 is 16.8. The van der Waals surface area contributed by atoms with Crippen LogP contribution in [0.2, 0.25) is 0 Å². The fraction of sp³-hybridized carbons (Fsp3) is 0.115. The Morgan fingerprint density at radius 2 is 1.94 bits per heavy atom. The molecule has 3 heterocycles. The lowest BCUT2D eigenvalue weighted by molar-refractivity contribution is -0.123. The number of thioether (sulfide) groups is 1. The second kappa shape index (κ2) is 10.4. The SMILES string of the molecule is O=C(Cn1cc(/C=C2\SC(=O)N(Cc3ccccc3F)C2=O)c2cc(Br)ccc21)NCc1cccs1. The minimum Gasteiger partial charge on any atom is -0.350 e. The maximum absolute atomic E-state index is 14.1. The second-order valence-corrected chi connectivity index (χ2v) is 11.0. The zero-order valence-corrected chi connectivity index (χ0v) is 22.0. The molecule has 0 saturated carbocycles. The predicted molar refractivity (Wildman–Crippen MR) is 144 cm³/mol. The third kappa shape index (κ3) is 5.16. The summed E-state index contributed by atoms with van der Waals surface area (Å²) in [5, 5.41) is 5.26. The van der Waals surface area contributed by atoms with E-state index in [0.717, 1.165) is 36.9 Å². The van der Waals surface area contributed by atoms with E-state index < -0.39 is 17.0 Å². The number of fused-ring (bicyclic) bond motifs is 1. The Kier molecular flexibility index (Phi) is 7.08. The number of thiophene rings is 1. The van der Waals surface area contributed by atoms with Crippen molar-refractivity contribution in [1.29, 1.82) is 0 Å². The molecule has 3 amide bonds. The van der Waals surface area contributed by atoms with Crippen molar-refractivity contribution in [1.82, 2.24) is 14.8 Å². The highest BCUT2D eigenvalue weighted by molar-refractivity contribution is 9.10. The van der Waals surface area contributed by atoms with E-state index >= 15 is 0 Å². The highest BCUT2D eigenvalue weighted by Gasteiger charge is 2.35. The summed E-state index contributed by atoms with van der Waals surface area (Å²) in [4.78, 5) is 40.6. The van der Waals surface area contributed by atoms with E-state index in [1.54, 1.807) is 41.8 Å². The summed E-state index contributed by atoms with van der Waals surface area (Å²) in [7, 11) is 0. The lowest BCUT2D eigenvalue weighted by Gasteiger charge is -2.12. The van der Waals surface area contributed by atoms with Crippen LogP contribution < -0.4 is 5.32 Å². The lowest BCUT2D eigenvalue weighted by Crippen LogP contribution is -2.27. The van der Waals surface area contributed by atoms with E-state index in [4.69, 9.17) is 0 Å². The molecule has 1 aliphatic rings. The number of carbonyl (C=O) groups excluding carboxylic acids is 3. The monoisotopic (exact) mass is 583 g/mol. The van der Waals surface area contributed by atoms with Gasteiger partial charge in [-0.1, -0.05) is 40.2 Å². The van der Waals surface area contributed by atoms with Crippen LogP contribution in [0.1, 0.15) is 16.0 Å². The standard InChI is InChI=1S/C26H19BrFN3O3S2/c27-18-7-8-22-20(11-18)17(13-30(22)15-24(32)29-12-19-5-3-9-35-19)10-23-25(33)31(26(34)36-23)14-16-4-1-2-6-21(16)28/h1-11,13H,12,14-15H2,(H,29,32)/b23-10-. The fourth-order valence-corrected chi connectivity index (χ4v) is 5.76. The van der Waals surface area contributed by atoms with Gasteiger partial charge in [0.05, 0.1) is 18.0 Å². The van der Waals surface area contributed by atoms with Crippen molar-refractivity contribution in [2.75, 3.05) is 0 Å². The van der Waals surface area contributed by atoms with E-state index in [-0.39, 0.29) is 29.5 Å². The fourth-order valence-electron chi connectivity index (χ4n) is 3.93. The lowest BCUT2D eigenvalue weighted by atomic mass is 10.1. The number of rotatable bonds is 7. The summed E-state index contributed by atoms with van der Waals surface area (Å²) in [5.41, 5.74) is 1.80. The van der Waals surface area contributed by atoms with Gasteiger partial charge in [-0.15, -0.1) is 11.3 Å². The van der Waals surface area contributed by atoms with Gasteiger partial charge < -0.3 is 9.88 Å². The van der Waals surface area contributed by atoms with Gasteiger partial charge in [0.1, 0.15) is 12.4 Å². The summed E-state index contributed by atoms with van der Waals surface area (Å²) in [6.45, 7) is 0.432. The largest absolute Gasteiger partial charge is 0.350 e. The van der Waals surface area contributed by atoms with Crippen molar-refractivity contribution in [3.05, 3.63) is 97.4 Å². The molecule has 182 valence electrons. The number of nitrogens with one attached hydrogen (secondary N) is 1. The topological polar surface area (TPSA) is 71.4 Å². The van der Waals surface area contributed by atoms with Gasteiger partial charge >= 0.3 is 0 Å². The van der Waals surface area contributed by atoms with Crippen molar-refractivity contribution in [3.63, 3.8) is 0 Å². The van der Waals surface area contributed by atoms with Crippen molar-refractivity contribution < 1.29 is 18.8 Å². The first-order chi connectivity index (χ1) is 17.4. The number of carbonyl (C=O) groups is 3. The van der Waals surface area contributed by atoms with Gasteiger partial charge in [0.2, 0.25) is 5.91 Å². The first kappa shape index (κ1) is 24.5. The molecule has 0 bridgehead atoms. The highest BCUT2D eigenvalue weighted by atomic mass is 79.9. The van der Waals surface area contributed by atoms with Crippen molar-refractivity contribution >= 4 is 73.1 Å². The number of benzene rings is 2. The highest BCUT2D eigenvalue weighted by Crippen LogP contribution is 2.35. The molecule has 5 rings (SSSR count). The van der Waals surface area contributed by atoms with Gasteiger partial charge in [0, 0.05) is 37.6 Å². The average molecular weight is 584 g/mol. The first-order valence-electron chi connectivity index (χ1n) is 11.0. The van der Waals surface area contributed by atoms with Crippen LogP contribution in [0.4, 0.5) is 9.18 Å². The van der Waals surface area contributed by atoms with Gasteiger partial charge in [-0.25, -0.2) is 4.39 Å². The van der Waals surface area contributed by atoms with Gasteiger partial charge in [-0.3, -0.25) is 19.3 Å². The van der Waals surface area contributed by atoms with Crippen LogP contribution in [0, 0.1) is 5.82 Å². The van der Waals surface area contributed by atoms with Crippen LogP contribution in [0.5, 0.6) is 0 Å². The maximum Gasteiger partial charge on any atom is 0.293 e. The first-order valence-corrected chi connectivity index (χ1v) is 13.4. The molecule has 0 aliphatic carbocycles. The Bertz CT molecular complexity index is 1510. The van der Waals surface area contributed by atoms with Crippen LogP contribution in [-0.2, 0) is 29.2 Å². The zero-order valence-electron chi connectivity index (χ0n) is 18.7. The van der Waals surface area contributed by atoms with Gasteiger partial charge in [0.15, 0.2) is 0 Å². The van der Waals surface area contributed by atoms with E-state index in [1.807, 2.05) is 40.3 Å². The quantitative estimate of drug-likeness (QED) is 0.265. The maximum atomic E-state index is 14.1. The summed E-state index contributed by atoms with van der Waals surface area (Å²) in [6.07, 6.45) is 3.45. The normalized spacial score (nSPS) is 14.8. The van der Waals surface area contributed by atoms with Gasteiger partial charge in [-0.2, -0.15) is 0 Å². The molecule has 0 spiro atoms. The summed E-state index contributed by atoms with van der Waals surface area (Å²) >= 11 is 5.88. The Balaban J connectivity index is 1.40. The average Bonchev–Trinajstić information content (AvgIpc) is 3.55. The van der Waals surface area contributed by atoms with Crippen LogP contribution in [-0.4, -0.2) is 26.5 Å². The Morgan fingerprint density at radius 3 is 2.72 bits per heavy atom. The third-order valence-corrected chi connectivity index (χ3v) is 7.95. The molecule has 10 heteroatoms. The minimum atomic E-state index is -0.474. The van der Waals surface area contributed by atoms with E-state index in [9.17, 15) is 18.8 Å². The molecule has 1 saturated heterocycles. The smallest absolute Gasteiger partial charge is 0.293 e. The second-order valence-electron chi connectivity index (χ2n) is 8.09. The molecule has 0 radical (unpaired) electrons. The number of hydrogen-bond acceptors (Lipinski definition) is 5. The van der Waals surface area contributed by atoms with Crippen LogP contribution in [0.15, 0.2) is 75.6 Å². The predicted octanol–water partition coefficient (Wildman–Crippen LogP) is 6.16. The number of hydrogen-bond donors (Lipinski definition) is 1. The summed E-state index contributed by atoms with van der Waals surface area (Å²) in [6, 6.07) is 15.7. The Morgan fingerprint density at radius 1 is 1.11 bits per heavy atom. The van der Waals surface area contributed by atoms with E-state index in [1.165, 1.54) is 6.07 Å². The Labute approximate surface area is 222 Å². The molecule has 1 N–H and O–H groups in total. The molecule has 4 aromatic rings. The van der Waals surface area contributed by atoms with Crippen molar-refractivity contribution in [2.45, 2.75) is 19.6 Å². The third-order valence-electron chi connectivity index (χ3n) is 5.67. The number of imide groups is 1. The van der Waals surface area contributed by atoms with E-state index in [0.29, 0.717) is 12.1 Å². The molecule has 1 aliphatic heterocycles. The number of nitrogens with zero attached hydrogens (tertiary/aromatic N) is 2. The summed E-state index contributed by atoms with van der Waals surface area (Å²) in [5.74, 6) is -1.08. The van der Waals surface area contributed by atoms with Gasteiger partial charge in [-0.05, 0) is 53.5 Å². The Hall–Kier alpha value is -3.21. The van der Waals surface area contributed by atoms with Crippen LogP contribution >= 0.6 is 39.0 Å². The molecule has 1 fully saturated rings. The van der Waals surface area contributed by atoms with E-state index in [2.05, 4.69) is 21.2 Å². The zero-order chi connectivity index (χ0) is 25.2. The number of aromatic nitrogens is 1. The molecule has 0 atom stereocenters. The van der Waals surface area contributed by atoms with Crippen LogP contribution in [0.25, 0.3) is 17.0 Å². The molecule has 36 heavy (non-hydrogen) atoms. The molecular formula is C26H19BrFN3O3S2. The number of amides is 3.